The second-order valence-electron chi connectivity index (χ2n) is 4.23. The van der Waals surface area contributed by atoms with E-state index in [1.54, 1.807) is 0 Å². The van der Waals surface area contributed by atoms with Crippen LogP contribution >= 0.6 is 23.4 Å². The molecule has 2 nitrogen and oxygen atoms in total. The zero-order valence-electron chi connectivity index (χ0n) is 10.7. The molecule has 1 atom stereocenters. The summed E-state index contributed by atoms with van der Waals surface area (Å²) in [5.41, 5.74) is 7.84. The van der Waals surface area contributed by atoms with Crippen molar-refractivity contribution in [1.29, 1.82) is 0 Å². The number of hydrogen-bond acceptors (Lipinski definition) is 3. The molecule has 1 rings (SSSR count). The van der Waals surface area contributed by atoms with E-state index in [1.807, 2.05) is 17.8 Å². The van der Waals surface area contributed by atoms with Crippen LogP contribution in [-0.2, 0) is 6.42 Å². The Kier molecular flexibility index (Phi) is 6.17. The van der Waals surface area contributed by atoms with Gasteiger partial charge in [0.15, 0.2) is 0 Å². The summed E-state index contributed by atoms with van der Waals surface area (Å²) in [6.45, 7) is 2.86. The normalized spacial score (nSPS) is 12.5. The Hall–Kier alpha value is -0.380. The van der Waals surface area contributed by atoms with E-state index < -0.39 is 0 Å². The minimum absolute atomic E-state index is 0.501. The van der Waals surface area contributed by atoms with E-state index in [4.69, 9.17) is 17.3 Å². The van der Waals surface area contributed by atoms with Crippen molar-refractivity contribution in [1.82, 2.24) is 0 Å². The summed E-state index contributed by atoms with van der Waals surface area (Å²) in [5, 5.41) is 0.816. The molecule has 0 aromatic heterocycles. The van der Waals surface area contributed by atoms with E-state index >= 15 is 0 Å². The van der Waals surface area contributed by atoms with Gasteiger partial charge < -0.3 is 10.6 Å². The molecule has 0 aliphatic heterocycles. The molecule has 0 spiro atoms. The molecular formula is C13H21ClN2S. The van der Waals surface area contributed by atoms with E-state index in [0.717, 1.165) is 28.4 Å². The monoisotopic (exact) mass is 272 g/mol. The number of thioether (sulfide) groups is 1. The second-order valence-corrected chi connectivity index (χ2v) is 5.55. The highest BCUT2D eigenvalue weighted by atomic mass is 35.5. The molecule has 0 saturated heterocycles. The van der Waals surface area contributed by atoms with E-state index in [-0.39, 0.29) is 0 Å². The first-order chi connectivity index (χ1) is 8.10. The van der Waals surface area contributed by atoms with Crippen LogP contribution in [0.5, 0.6) is 0 Å². The average molecular weight is 273 g/mol. The number of anilines is 1. The molecule has 0 radical (unpaired) electrons. The van der Waals surface area contributed by atoms with Gasteiger partial charge in [0.25, 0.3) is 0 Å². The largest absolute Gasteiger partial charge is 0.371 e. The van der Waals surface area contributed by atoms with Gasteiger partial charge in [-0.15, -0.1) is 0 Å². The Morgan fingerprint density at radius 1 is 1.47 bits per heavy atom. The Balaban J connectivity index is 2.81. The molecule has 0 bridgehead atoms. The first-order valence-electron chi connectivity index (χ1n) is 5.80. The minimum atomic E-state index is 0.501. The number of nitrogens with zero attached hydrogens (tertiary/aromatic N) is 1. The summed E-state index contributed by atoms with van der Waals surface area (Å²) in [4.78, 5) is 2.26. The fraction of sp³-hybridized carbons (Fsp3) is 0.538. The third kappa shape index (κ3) is 4.09. The smallest absolute Gasteiger partial charge is 0.0459 e. The molecule has 2 N–H and O–H groups in total. The van der Waals surface area contributed by atoms with Crippen LogP contribution in [0.1, 0.15) is 12.5 Å². The van der Waals surface area contributed by atoms with Gasteiger partial charge in [0, 0.05) is 29.6 Å². The molecule has 0 aliphatic rings. The van der Waals surface area contributed by atoms with Gasteiger partial charge in [0.2, 0.25) is 0 Å². The van der Waals surface area contributed by atoms with Crippen molar-refractivity contribution in [3.05, 3.63) is 28.8 Å². The number of halogens is 1. The van der Waals surface area contributed by atoms with Crippen LogP contribution in [-0.4, -0.2) is 31.6 Å². The summed E-state index contributed by atoms with van der Waals surface area (Å²) >= 11 is 8.10. The van der Waals surface area contributed by atoms with E-state index in [1.165, 1.54) is 0 Å². The maximum Gasteiger partial charge on any atom is 0.0459 e. The van der Waals surface area contributed by atoms with Gasteiger partial charge >= 0.3 is 0 Å². The third-order valence-electron chi connectivity index (χ3n) is 2.93. The molecule has 0 saturated carbocycles. The van der Waals surface area contributed by atoms with Crippen molar-refractivity contribution in [3.63, 3.8) is 0 Å². The lowest BCUT2D eigenvalue weighted by molar-refractivity contribution is 0.765. The predicted octanol–water partition coefficient (Wildman–Crippen LogP) is 3.03. The van der Waals surface area contributed by atoms with Gasteiger partial charge in [-0.2, -0.15) is 11.8 Å². The number of nitrogens with two attached hydrogens (primary N) is 1. The van der Waals surface area contributed by atoms with Crippen LogP contribution in [0.3, 0.4) is 0 Å². The van der Waals surface area contributed by atoms with Gasteiger partial charge in [-0.1, -0.05) is 17.7 Å². The lowest BCUT2D eigenvalue weighted by Gasteiger charge is -2.27. The van der Waals surface area contributed by atoms with Crippen molar-refractivity contribution in [3.8, 4) is 0 Å². The van der Waals surface area contributed by atoms with Gasteiger partial charge in [0.1, 0.15) is 0 Å². The zero-order valence-corrected chi connectivity index (χ0v) is 12.3. The topological polar surface area (TPSA) is 29.3 Å². The highest BCUT2D eigenvalue weighted by Gasteiger charge is 2.10. The maximum atomic E-state index is 6.25. The molecule has 1 aromatic carbocycles. The van der Waals surface area contributed by atoms with Crippen LogP contribution in [0, 0.1) is 0 Å². The maximum absolute atomic E-state index is 6.25. The predicted molar refractivity (Wildman–Crippen MR) is 80.5 cm³/mol. The summed E-state index contributed by atoms with van der Waals surface area (Å²) in [6.07, 6.45) is 2.96. The molecule has 0 heterocycles. The van der Waals surface area contributed by atoms with Crippen molar-refractivity contribution in [2.24, 2.45) is 5.73 Å². The van der Waals surface area contributed by atoms with E-state index in [0.29, 0.717) is 12.6 Å². The number of rotatable bonds is 6. The SMILES string of the molecule is CSCC(C)N(C)c1ccc(CCN)c(Cl)c1. The van der Waals surface area contributed by atoms with Crippen LogP contribution < -0.4 is 10.6 Å². The Bertz CT molecular complexity index is 357. The molecule has 0 fully saturated rings. The fourth-order valence-electron chi connectivity index (χ4n) is 1.72. The molecule has 1 aromatic rings. The minimum Gasteiger partial charge on any atom is -0.371 e. The highest BCUT2D eigenvalue weighted by molar-refractivity contribution is 7.98. The Morgan fingerprint density at radius 2 is 2.18 bits per heavy atom. The summed E-state index contributed by atoms with van der Waals surface area (Å²) in [7, 11) is 2.11. The molecule has 96 valence electrons. The lowest BCUT2D eigenvalue weighted by atomic mass is 10.1. The van der Waals surface area contributed by atoms with E-state index in [9.17, 15) is 0 Å². The number of benzene rings is 1. The molecule has 0 aliphatic carbocycles. The summed E-state index contributed by atoms with van der Waals surface area (Å²) in [6, 6.07) is 6.73. The number of hydrogen-bond donors (Lipinski definition) is 1. The molecule has 17 heavy (non-hydrogen) atoms. The first kappa shape index (κ1) is 14.7. The second kappa shape index (κ2) is 7.14. The van der Waals surface area contributed by atoms with Gasteiger partial charge in [-0.05, 0) is 43.8 Å². The van der Waals surface area contributed by atoms with Crippen LogP contribution in [0.4, 0.5) is 5.69 Å². The van der Waals surface area contributed by atoms with Crippen molar-refractivity contribution in [2.75, 3.05) is 30.5 Å². The highest BCUT2D eigenvalue weighted by Crippen LogP contribution is 2.25. The first-order valence-corrected chi connectivity index (χ1v) is 7.57. The van der Waals surface area contributed by atoms with Gasteiger partial charge in [-0.25, -0.2) is 0 Å². The molecular weight excluding hydrogens is 252 g/mol. The summed E-state index contributed by atoms with van der Waals surface area (Å²) in [5.74, 6) is 1.11. The summed E-state index contributed by atoms with van der Waals surface area (Å²) < 4.78 is 0. The Labute approximate surface area is 114 Å². The average Bonchev–Trinajstić information content (AvgIpc) is 2.31. The van der Waals surface area contributed by atoms with Crippen molar-refractivity contribution < 1.29 is 0 Å². The van der Waals surface area contributed by atoms with Crippen molar-refractivity contribution in [2.45, 2.75) is 19.4 Å². The van der Waals surface area contributed by atoms with Crippen LogP contribution in [0.25, 0.3) is 0 Å². The third-order valence-corrected chi connectivity index (χ3v) is 4.09. The quantitative estimate of drug-likeness (QED) is 0.863. The zero-order chi connectivity index (χ0) is 12.8. The lowest BCUT2D eigenvalue weighted by Crippen LogP contribution is -2.30. The van der Waals surface area contributed by atoms with Crippen LogP contribution in [0.15, 0.2) is 18.2 Å². The van der Waals surface area contributed by atoms with E-state index in [2.05, 4.69) is 37.3 Å². The van der Waals surface area contributed by atoms with Crippen LogP contribution in [0.2, 0.25) is 5.02 Å². The van der Waals surface area contributed by atoms with Crippen molar-refractivity contribution >= 4 is 29.1 Å². The Morgan fingerprint density at radius 3 is 2.71 bits per heavy atom. The molecule has 4 heteroatoms. The molecule has 1 unspecified atom stereocenters. The van der Waals surface area contributed by atoms with Gasteiger partial charge in [0.05, 0.1) is 0 Å². The standard InChI is InChI=1S/C13H21ClN2S/c1-10(9-17-3)16(2)12-5-4-11(6-7-15)13(14)8-12/h4-5,8,10H,6-7,9,15H2,1-3H3. The van der Waals surface area contributed by atoms with Gasteiger partial charge in [-0.3, -0.25) is 0 Å². The fourth-order valence-corrected chi connectivity index (χ4v) is 2.70. The molecule has 0 amide bonds.